The molecule has 0 fully saturated rings. The molecule has 0 bridgehead atoms. The zero-order valence-corrected chi connectivity index (χ0v) is 14.7. The van der Waals surface area contributed by atoms with Gasteiger partial charge in [-0.2, -0.15) is 0 Å². The van der Waals surface area contributed by atoms with Crippen molar-refractivity contribution in [2.45, 2.75) is 20.8 Å². The van der Waals surface area contributed by atoms with Crippen LogP contribution in [0.2, 0.25) is 15.2 Å². The van der Waals surface area contributed by atoms with Gasteiger partial charge in [0.2, 0.25) is 5.15 Å². The maximum Gasteiger partial charge on any atom is 0.325 e. The van der Waals surface area contributed by atoms with Gasteiger partial charge in [0.05, 0.1) is 19.9 Å². The quantitative estimate of drug-likeness (QED) is 0.325. The molecule has 0 saturated carbocycles. The molecule has 1 heterocycles. The molecular weight excluding hydrogens is 390 g/mol. The number of fused-ring (bicyclic) bond motifs is 1. The van der Waals surface area contributed by atoms with Gasteiger partial charge in [0, 0.05) is 5.39 Å². The highest BCUT2D eigenvalue weighted by molar-refractivity contribution is 9.10. The number of aromatic nitrogens is 1. The molecule has 0 radical (unpaired) electrons. The second-order valence-corrected chi connectivity index (χ2v) is 5.45. The minimum Gasteiger partial charge on any atom is -0.258 e. The van der Waals surface area contributed by atoms with E-state index in [-0.39, 0.29) is 10.2 Å². The molecule has 0 saturated heterocycles. The van der Waals surface area contributed by atoms with Crippen molar-refractivity contribution < 1.29 is 4.92 Å². The van der Waals surface area contributed by atoms with Crippen LogP contribution in [0.4, 0.5) is 5.69 Å². The first-order valence-electron chi connectivity index (χ1n) is 5.62. The van der Waals surface area contributed by atoms with Gasteiger partial charge in [-0.1, -0.05) is 48.7 Å². The van der Waals surface area contributed by atoms with E-state index < -0.39 is 10.6 Å². The summed E-state index contributed by atoms with van der Waals surface area (Å²) in [4.78, 5) is 14.2. The predicted molar refractivity (Wildman–Crippen MR) is 87.2 cm³/mol. The molecule has 20 heavy (non-hydrogen) atoms. The van der Waals surface area contributed by atoms with Gasteiger partial charge in [0.15, 0.2) is 0 Å². The lowest BCUT2D eigenvalue weighted by molar-refractivity contribution is -0.384. The smallest absolute Gasteiger partial charge is 0.258 e. The van der Waals surface area contributed by atoms with Crippen molar-refractivity contribution >= 4 is 67.3 Å². The third-order valence-electron chi connectivity index (χ3n) is 2.40. The van der Waals surface area contributed by atoms with E-state index in [4.69, 9.17) is 34.8 Å². The number of rotatable bonds is 1. The third kappa shape index (κ3) is 3.01. The van der Waals surface area contributed by atoms with E-state index in [0.717, 1.165) is 5.56 Å². The van der Waals surface area contributed by atoms with Crippen LogP contribution in [0.1, 0.15) is 19.4 Å². The number of aryl methyl sites for hydroxylation is 1. The molecule has 0 atom stereocenters. The van der Waals surface area contributed by atoms with E-state index in [1.807, 2.05) is 13.8 Å². The average molecular weight is 400 g/mol. The van der Waals surface area contributed by atoms with Crippen molar-refractivity contribution in [3.05, 3.63) is 41.4 Å². The molecule has 0 spiro atoms. The Hall–Kier alpha value is -0.620. The Kier molecular flexibility index (Phi) is 6.01. The van der Waals surface area contributed by atoms with Gasteiger partial charge in [0.1, 0.15) is 5.02 Å². The average Bonchev–Trinajstić information content (AvgIpc) is 2.40. The standard InChI is InChI=1S/C10H4BrCl3N2O2.C2H6/c1-3-2-4-7(13)9(16(17)18)10(14)15-8(4)5(11)6(3)12;1-2/h2H,1H3;1-2H3. The summed E-state index contributed by atoms with van der Waals surface area (Å²) in [5.74, 6) is 0. The topological polar surface area (TPSA) is 56.0 Å². The second kappa shape index (κ2) is 6.89. The summed E-state index contributed by atoms with van der Waals surface area (Å²) in [6, 6.07) is 1.64. The number of hydrogen-bond donors (Lipinski definition) is 0. The SMILES string of the molecule is CC.Cc1cc2c(Cl)c([N+](=O)[O-])c(Cl)nc2c(Br)c1Cl. The van der Waals surface area contributed by atoms with Gasteiger partial charge < -0.3 is 0 Å². The molecule has 2 rings (SSSR count). The van der Waals surface area contributed by atoms with Crippen LogP contribution in [0.15, 0.2) is 10.5 Å². The molecule has 4 nitrogen and oxygen atoms in total. The number of nitro groups is 1. The number of halogens is 4. The molecule has 0 unspecified atom stereocenters. The van der Waals surface area contributed by atoms with Gasteiger partial charge in [0.25, 0.3) is 0 Å². The molecule has 8 heteroatoms. The number of hydrogen-bond acceptors (Lipinski definition) is 3. The van der Waals surface area contributed by atoms with Crippen molar-refractivity contribution in [1.82, 2.24) is 4.98 Å². The van der Waals surface area contributed by atoms with Crippen LogP contribution in [0.25, 0.3) is 10.9 Å². The fourth-order valence-corrected chi connectivity index (χ4v) is 2.90. The van der Waals surface area contributed by atoms with Crippen LogP contribution < -0.4 is 0 Å². The summed E-state index contributed by atoms with van der Waals surface area (Å²) in [5, 5.41) is 11.5. The van der Waals surface area contributed by atoms with E-state index in [0.29, 0.717) is 20.4 Å². The summed E-state index contributed by atoms with van der Waals surface area (Å²) in [6.45, 7) is 5.77. The van der Waals surface area contributed by atoms with Crippen LogP contribution >= 0.6 is 50.7 Å². The fraction of sp³-hybridized carbons (Fsp3) is 0.250. The summed E-state index contributed by atoms with van der Waals surface area (Å²) in [5.41, 5.74) is 0.724. The monoisotopic (exact) mass is 398 g/mol. The van der Waals surface area contributed by atoms with E-state index in [1.165, 1.54) is 0 Å². The molecule has 0 aliphatic heterocycles. The van der Waals surface area contributed by atoms with Crippen LogP contribution in [0.5, 0.6) is 0 Å². The summed E-state index contributed by atoms with van der Waals surface area (Å²) >= 11 is 21.1. The molecular formula is C12H10BrCl3N2O2. The van der Waals surface area contributed by atoms with Crippen molar-refractivity contribution in [2.75, 3.05) is 0 Å². The fourth-order valence-electron chi connectivity index (χ4n) is 1.54. The first-order valence-corrected chi connectivity index (χ1v) is 7.55. The summed E-state index contributed by atoms with van der Waals surface area (Å²) in [6.07, 6.45) is 0. The molecule has 108 valence electrons. The van der Waals surface area contributed by atoms with Gasteiger partial charge in [-0.3, -0.25) is 10.1 Å². The highest BCUT2D eigenvalue weighted by atomic mass is 79.9. The third-order valence-corrected chi connectivity index (χ3v) is 4.53. The largest absolute Gasteiger partial charge is 0.325 e. The van der Waals surface area contributed by atoms with Gasteiger partial charge in [-0.25, -0.2) is 4.98 Å². The number of benzene rings is 1. The Morgan fingerprint density at radius 1 is 1.25 bits per heavy atom. The Bertz CT molecular complexity index is 692. The lowest BCUT2D eigenvalue weighted by Crippen LogP contribution is -1.95. The van der Waals surface area contributed by atoms with Crippen molar-refractivity contribution in [3.63, 3.8) is 0 Å². The molecule has 1 aromatic carbocycles. The van der Waals surface area contributed by atoms with E-state index >= 15 is 0 Å². The summed E-state index contributed by atoms with van der Waals surface area (Å²) in [7, 11) is 0. The minimum atomic E-state index is -0.658. The maximum atomic E-state index is 10.9. The zero-order valence-electron chi connectivity index (χ0n) is 10.8. The Labute approximate surface area is 139 Å². The van der Waals surface area contributed by atoms with Crippen molar-refractivity contribution in [1.29, 1.82) is 0 Å². The maximum absolute atomic E-state index is 10.9. The van der Waals surface area contributed by atoms with E-state index in [9.17, 15) is 10.1 Å². The minimum absolute atomic E-state index is 0.0459. The molecule has 2 aromatic rings. The van der Waals surface area contributed by atoms with Crippen molar-refractivity contribution in [2.24, 2.45) is 0 Å². The van der Waals surface area contributed by atoms with Crippen LogP contribution in [-0.2, 0) is 0 Å². The Balaban J connectivity index is 0.000000956. The lowest BCUT2D eigenvalue weighted by Gasteiger charge is -2.08. The Morgan fingerprint density at radius 2 is 1.80 bits per heavy atom. The highest BCUT2D eigenvalue weighted by Crippen LogP contribution is 2.41. The first-order chi connectivity index (χ1) is 9.34. The van der Waals surface area contributed by atoms with E-state index in [1.54, 1.807) is 13.0 Å². The molecule has 1 aromatic heterocycles. The van der Waals surface area contributed by atoms with Crippen LogP contribution in [-0.4, -0.2) is 9.91 Å². The number of pyridine rings is 1. The highest BCUT2D eigenvalue weighted by Gasteiger charge is 2.24. The second-order valence-electron chi connectivity index (χ2n) is 3.54. The number of nitrogens with zero attached hydrogens (tertiary/aromatic N) is 2. The molecule has 0 aliphatic rings. The lowest BCUT2D eigenvalue weighted by atomic mass is 10.1. The van der Waals surface area contributed by atoms with Crippen LogP contribution in [0, 0.1) is 17.0 Å². The predicted octanol–water partition coefficient (Wildman–Crippen LogP) is 6.20. The molecule has 0 N–H and O–H groups in total. The Morgan fingerprint density at radius 3 is 2.30 bits per heavy atom. The zero-order chi connectivity index (χ0) is 15.6. The molecule has 0 amide bonds. The van der Waals surface area contributed by atoms with E-state index in [2.05, 4.69) is 20.9 Å². The van der Waals surface area contributed by atoms with Gasteiger partial charge >= 0.3 is 5.69 Å². The van der Waals surface area contributed by atoms with Crippen LogP contribution in [0.3, 0.4) is 0 Å². The van der Waals surface area contributed by atoms with Gasteiger partial charge in [-0.15, -0.1) is 0 Å². The molecule has 0 aliphatic carbocycles. The normalized spacial score (nSPS) is 10.2. The first kappa shape index (κ1) is 17.4. The van der Waals surface area contributed by atoms with Crippen molar-refractivity contribution in [3.8, 4) is 0 Å². The van der Waals surface area contributed by atoms with Gasteiger partial charge in [-0.05, 0) is 34.5 Å². The summed E-state index contributed by atoms with van der Waals surface area (Å²) < 4.78 is 0.512.